The van der Waals surface area contributed by atoms with Gasteiger partial charge in [0.2, 0.25) is 0 Å². The fourth-order valence-electron chi connectivity index (χ4n) is 4.61. The van der Waals surface area contributed by atoms with Gasteiger partial charge in [0.05, 0.1) is 0 Å². The molecule has 0 spiro atoms. The second-order valence-electron chi connectivity index (χ2n) is 11.3. The van der Waals surface area contributed by atoms with Crippen LogP contribution >= 0.6 is 0 Å². The Morgan fingerprint density at radius 1 is 0.311 bits per heavy atom. The van der Waals surface area contributed by atoms with Crippen LogP contribution in [-0.4, -0.2) is 120 Å². The molecule has 0 heterocycles. The van der Waals surface area contributed by atoms with Crippen molar-refractivity contribution in [3.05, 3.63) is 0 Å². The van der Waals surface area contributed by atoms with E-state index in [4.69, 9.17) is 45.3 Å². The fraction of sp³-hybridized carbons (Fsp3) is 1.00. The SMILES string of the molecule is CCCCCCCCCCCCCCCCCCCCCC[SiH2]O[SiH2]O[SiH2]O[SiH2]O[SiH2]O[SiH2]O[SiH2]O[SiH2]O[SiH2]O[SiH2]O[SiH2]O[SiH3]. The molecule has 45 heavy (non-hydrogen) atoms. The van der Waals surface area contributed by atoms with Gasteiger partial charge in [0.25, 0.3) is 100 Å². The van der Waals surface area contributed by atoms with Crippen LogP contribution in [0.2, 0.25) is 6.04 Å². The molecule has 23 heteroatoms. The third-order valence-electron chi connectivity index (χ3n) is 7.09. The van der Waals surface area contributed by atoms with Gasteiger partial charge in [-0.2, -0.15) is 0 Å². The molecule has 0 fully saturated rings. The highest BCUT2D eigenvalue weighted by Crippen LogP contribution is 2.15. The minimum absolute atomic E-state index is 0.388. The monoisotopic (exact) mass is 846 g/mol. The molecule has 272 valence electrons. The van der Waals surface area contributed by atoms with E-state index in [-0.39, 0.29) is 9.76 Å². The Kier molecular flexibility index (Phi) is 48.4. The third kappa shape index (κ3) is 46.2. The molecule has 0 aliphatic heterocycles. The zero-order valence-electron chi connectivity index (χ0n) is 29.1. The zero-order chi connectivity index (χ0) is 32.4. The zero-order valence-corrected chi connectivity index (χ0v) is 46.7. The molecule has 0 N–H and O–H groups in total. The maximum absolute atomic E-state index is 5.84. The molecular formula is C22H70O11Si12. The smallest absolute Gasteiger partial charge is 0.286 e. The Morgan fingerprint density at radius 3 is 0.844 bits per heavy atom. The van der Waals surface area contributed by atoms with Gasteiger partial charge in [-0.1, -0.05) is 135 Å². The van der Waals surface area contributed by atoms with E-state index in [1.165, 1.54) is 134 Å². The minimum atomic E-state index is -0.979. The first-order chi connectivity index (χ1) is 22.4. The van der Waals surface area contributed by atoms with E-state index < -0.39 is 100 Å². The van der Waals surface area contributed by atoms with Crippen molar-refractivity contribution in [1.82, 2.24) is 0 Å². The number of unbranched alkanes of at least 4 members (excludes halogenated alkanes) is 19. The number of hydrogen-bond donors (Lipinski definition) is 0. The molecule has 0 bridgehead atoms. The van der Waals surface area contributed by atoms with E-state index in [0.717, 1.165) is 10.5 Å². The van der Waals surface area contributed by atoms with Crippen molar-refractivity contribution < 1.29 is 45.3 Å². The van der Waals surface area contributed by atoms with Crippen molar-refractivity contribution in [2.75, 3.05) is 0 Å². The summed E-state index contributed by atoms with van der Waals surface area (Å²) in [5, 5.41) is 0. The van der Waals surface area contributed by atoms with Crippen LogP contribution in [-0.2, 0) is 45.3 Å². The van der Waals surface area contributed by atoms with Crippen LogP contribution in [0.25, 0.3) is 0 Å². The normalized spacial score (nSPS) is 14.6. The van der Waals surface area contributed by atoms with Crippen molar-refractivity contribution in [2.24, 2.45) is 0 Å². The van der Waals surface area contributed by atoms with Gasteiger partial charge in [-0.15, -0.1) is 0 Å². The lowest BCUT2D eigenvalue weighted by Crippen LogP contribution is -2.21. The third-order valence-corrected chi connectivity index (χ3v) is 22.6. The predicted molar refractivity (Wildman–Crippen MR) is 219 cm³/mol. The molecule has 0 aromatic carbocycles. The maximum Gasteiger partial charge on any atom is 0.286 e. The molecule has 0 saturated carbocycles. The summed E-state index contributed by atoms with van der Waals surface area (Å²) in [7, 11) is -8.78. The van der Waals surface area contributed by atoms with Crippen LogP contribution < -0.4 is 0 Å². The molecule has 0 unspecified atom stereocenters. The summed E-state index contributed by atoms with van der Waals surface area (Å²) in [6, 6.07) is 1.29. The second-order valence-corrected chi connectivity index (χ2v) is 33.4. The maximum atomic E-state index is 5.84. The van der Waals surface area contributed by atoms with Gasteiger partial charge < -0.3 is 45.3 Å². The van der Waals surface area contributed by atoms with Crippen molar-refractivity contribution in [2.45, 2.75) is 141 Å². The molecule has 0 rings (SSSR count). The fourth-order valence-corrected chi connectivity index (χ4v) is 24.9. The van der Waals surface area contributed by atoms with Crippen molar-refractivity contribution >= 4 is 120 Å². The summed E-state index contributed by atoms with van der Waals surface area (Å²) in [6.45, 7) is 2.30. The highest BCUT2D eigenvalue weighted by molar-refractivity contribution is 6.50. The molecule has 0 saturated heterocycles. The van der Waals surface area contributed by atoms with Gasteiger partial charge in [0.15, 0.2) is 0 Å². The van der Waals surface area contributed by atoms with Gasteiger partial charge in [-0.3, -0.25) is 0 Å². The van der Waals surface area contributed by atoms with E-state index >= 15 is 0 Å². The van der Waals surface area contributed by atoms with E-state index in [9.17, 15) is 0 Å². The Balaban J connectivity index is 3.03. The molecule has 11 nitrogen and oxygen atoms in total. The molecule has 0 aromatic rings. The van der Waals surface area contributed by atoms with Gasteiger partial charge in [-0.05, 0) is 6.04 Å². The minimum Gasteiger partial charge on any atom is -0.449 e. The molecule has 0 aliphatic rings. The molecule has 0 radical (unpaired) electrons. The average molecular weight is 848 g/mol. The lowest BCUT2D eigenvalue weighted by atomic mass is 10.0. The first kappa shape index (κ1) is 47.2. The quantitative estimate of drug-likeness (QED) is 0.0459. The number of rotatable bonds is 42. The van der Waals surface area contributed by atoms with Gasteiger partial charge in [0, 0.05) is 0 Å². The second kappa shape index (κ2) is 46.2. The van der Waals surface area contributed by atoms with Crippen molar-refractivity contribution in [3.63, 3.8) is 0 Å². The summed E-state index contributed by atoms with van der Waals surface area (Å²) in [5.74, 6) is 0. The highest BCUT2D eigenvalue weighted by atomic mass is 28.4. The largest absolute Gasteiger partial charge is 0.449 e. The van der Waals surface area contributed by atoms with Gasteiger partial charge in [0.1, 0.15) is 20.2 Å². The summed E-state index contributed by atoms with van der Waals surface area (Å²) in [4.78, 5) is 0. The van der Waals surface area contributed by atoms with E-state index in [2.05, 4.69) is 6.92 Å². The summed E-state index contributed by atoms with van der Waals surface area (Å²) >= 11 is 0. The Labute approximate surface area is 305 Å². The van der Waals surface area contributed by atoms with Crippen LogP contribution in [0.5, 0.6) is 0 Å². The van der Waals surface area contributed by atoms with Crippen molar-refractivity contribution in [3.8, 4) is 0 Å². The van der Waals surface area contributed by atoms with Gasteiger partial charge in [-0.25, -0.2) is 0 Å². The highest BCUT2D eigenvalue weighted by Gasteiger charge is 1.99. The van der Waals surface area contributed by atoms with Crippen LogP contribution in [0.3, 0.4) is 0 Å². The Morgan fingerprint density at radius 2 is 0.556 bits per heavy atom. The van der Waals surface area contributed by atoms with Crippen LogP contribution in [0, 0.1) is 0 Å². The summed E-state index contributed by atoms with van der Waals surface area (Å²) < 4.78 is 60.3. The lowest BCUT2D eigenvalue weighted by molar-refractivity contribution is 0.360. The van der Waals surface area contributed by atoms with E-state index in [1.807, 2.05) is 0 Å². The predicted octanol–water partition coefficient (Wildman–Crippen LogP) is -3.24. The molecular weight excluding hydrogens is 777 g/mol. The molecule has 0 atom stereocenters. The first-order valence-electron chi connectivity index (χ1n) is 17.7. The van der Waals surface area contributed by atoms with Crippen LogP contribution in [0.4, 0.5) is 0 Å². The molecule has 0 amide bonds. The first-order valence-corrected chi connectivity index (χ1v) is 31.6. The lowest BCUT2D eigenvalue weighted by Gasteiger charge is -2.09. The summed E-state index contributed by atoms with van der Waals surface area (Å²) in [6.07, 6.45) is 28.7. The molecule has 0 aliphatic carbocycles. The standard InChI is InChI=1S/C22H70O11Si12/c1-2-3-4-5-6-7-8-9-10-11-12-13-14-15-16-17-18-19-20-21-22-35-24-37-26-39-28-41-30-43-32-45-33-44-31-42-29-40-27-38-25-36-23-34/h2-22,35-45H2,1,34H3. The molecule has 0 aromatic heterocycles. The summed E-state index contributed by atoms with van der Waals surface area (Å²) in [5.41, 5.74) is 0. The average Bonchev–Trinajstić information content (AvgIpc) is 3.05. The van der Waals surface area contributed by atoms with Crippen LogP contribution in [0.15, 0.2) is 0 Å². The van der Waals surface area contributed by atoms with E-state index in [0.29, 0.717) is 0 Å². The van der Waals surface area contributed by atoms with Crippen molar-refractivity contribution in [1.29, 1.82) is 0 Å². The van der Waals surface area contributed by atoms with Crippen LogP contribution in [0.1, 0.15) is 135 Å². The van der Waals surface area contributed by atoms with Gasteiger partial charge >= 0.3 is 0 Å². The number of hydrogen-bond acceptors (Lipinski definition) is 11. The van der Waals surface area contributed by atoms with E-state index in [1.54, 1.807) is 0 Å². The Bertz CT molecular complexity index is 493. The topological polar surface area (TPSA) is 102 Å². The Hall–Kier alpha value is 2.16.